The summed E-state index contributed by atoms with van der Waals surface area (Å²) in [4.78, 5) is 36.2. The van der Waals surface area contributed by atoms with Gasteiger partial charge in [0.15, 0.2) is 0 Å². The molecule has 0 unspecified atom stereocenters. The van der Waals surface area contributed by atoms with Crippen molar-refractivity contribution in [3.05, 3.63) is 55.4 Å². The molecule has 2 aromatic rings. The second kappa shape index (κ2) is 7.48. The number of nitro benzene ring substituents is 1. The number of amides is 2. The van der Waals surface area contributed by atoms with Crippen LogP contribution in [0, 0.1) is 23.0 Å². The summed E-state index contributed by atoms with van der Waals surface area (Å²) in [6.45, 7) is 3.73. The number of carbonyl (C=O) groups is 2. The molecule has 8 heteroatoms. The zero-order valence-corrected chi connectivity index (χ0v) is 16.0. The molecular weight excluding hydrogens is 366 g/mol. The van der Waals surface area contributed by atoms with Crippen LogP contribution in [0.3, 0.4) is 0 Å². The Kier molecular flexibility index (Phi) is 5.27. The van der Waals surface area contributed by atoms with Gasteiger partial charge in [0.25, 0.3) is 17.5 Å². The Bertz CT molecular complexity index is 935. The predicted octanol–water partition coefficient (Wildman–Crippen LogP) is 3.83. The van der Waals surface area contributed by atoms with Crippen molar-refractivity contribution in [3.63, 3.8) is 0 Å². The molecule has 0 radical (unpaired) electrons. The molecule has 0 aliphatic heterocycles. The van der Waals surface area contributed by atoms with Gasteiger partial charge in [0.2, 0.25) is 0 Å². The second-order valence-electron chi connectivity index (χ2n) is 6.80. The van der Waals surface area contributed by atoms with Gasteiger partial charge in [-0.15, -0.1) is 11.3 Å². The van der Waals surface area contributed by atoms with Crippen LogP contribution in [0.25, 0.3) is 0 Å². The molecule has 0 saturated heterocycles. The van der Waals surface area contributed by atoms with Crippen LogP contribution >= 0.6 is 11.3 Å². The Labute approximate surface area is 160 Å². The van der Waals surface area contributed by atoms with Crippen LogP contribution in [-0.2, 0) is 12.8 Å². The largest absolute Gasteiger partial charge is 0.365 e. The lowest BCUT2D eigenvalue weighted by molar-refractivity contribution is -0.385. The normalized spacial score (nSPS) is 15.9. The summed E-state index contributed by atoms with van der Waals surface area (Å²) < 4.78 is 0. The lowest BCUT2D eigenvalue weighted by Gasteiger charge is -2.20. The molecule has 27 heavy (non-hydrogen) atoms. The molecule has 3 N–H and O–H groups in total. The van der Waals surface area contributed by atoms with E-state index in [1.165, 1.54) is 29.5 Å². The molecule has 142 valence electrons. The Morgan fingerprint density at radius 2 is 2.15 bits per heavy atom. The van der Waals surface area contributed by atoms with Gasteiger partial charge in [-0.1, -0.05) is 13.3 Å². The quantitative estimate of drug-likeness (QED) is 0.599. The third kappa shape index (κ3) is 3.71. The van der Waals surface area contributed by atoms with Gasteiger partial charge in [-0.25, -0.2) is 0 Å². The number of aryl methyl sites for hydroxylation is 1. The minimum absolute atomic E-state index is 0.0402. The van der Waals surface area contributed by atoms with Gasteiger partial charge in [-0.3, -0.25) is 19.7 Å². The summed E-state index contributed by atoms with van der Waals surface area (Å²) in [6, 6.07) is 4.19. The van der Waals surface area contributed by atoms with E-state index in [-0.39, 0.29) is 5.69 Å². The van der Waals surface area contributed by atoms with E-state index in [2.05, 4.69) is 12.2 Å². The first-order chi connectivity index (χ1) is 12.8. The molecular formula is C19H21N3O4S. The summed E-state index contributed by atoms with van der Waals surface area (Å²) in [7, 11) is 0. The standard InChI is InChI=1S/C19H21N3O4S/c1-3-11-4-6-13-15(9-11)27-19(16(13)17(20)23)21-18(24)12-5-7-14(22(25)26)10(2)8-12/h5,7-8,11H,3-4,6,9H2,1-2H3,(H2,20,23)(H,21,24)/t11-/m1/s1. The van der Waals surface area contributed by atoms with E-state index in [1.807, 2.05) is 0 Å². The van der Waals surface area contributed by atoms with Crippen LogP contribution in [0.2, 0.25) is 0 Å². The summed E-state index contributed by atoms with van der Waals surface area (Å²) >= 11 is 1.40. The molecule has 1 aromatic heterocycles. The van der Waals surface area contributed by atoms with Gasteiger partial charge in [-0.05, 0) is 49.8 Å². The van der Waals surface area contributed by atoms with Crippen molar-refractivity contribution in [1.82, 2.24) is 0 Å². The number of fused-ring (bicyclic) bond motifs is 1. The first-order valence-corrected chi connectivity index (χ1v) is 9.64. The van der Waals surface area contributed by atoms with Crippen LogP contribution in [-0.4, -0.2) is 16.7 Å². The average molecular weight is 387 g/mol. The third-order valence-corrected chi connectivity index (χ3v) is 6.24. The number of benzene rings is 1. The van der Waals surface area contributed by atoms with E-state index >= 15 is 0 Å². The molecule has 7 nitrogen and oxygen atoms in total. The maximum atomic E-state index is 12.6. The smallest absolute Gasteiger partial charge is 0.272 e. The molecule has 0 fully saturated rings. The number of nitrogens with one attached hydrogen (secondary N) is 1. The van der Waals surface area contributed by atoms with Gasteiger partial charge in [0.05, 0.1) is 10.5 Å². The van der Waals surface area contributed by atoms with E-state index in [9.17, 15) is 19.7 Å². The van der Waals surface area contributed by atoms with Crippen molar-refractivity contribution in [2.24, 2.45) is 11.7 Å². The van der Waals surface area contributed by atoms with Crippen molar-refractivity contribution in [2.75, 3.05) is 5.32 Å². The monoisotopic (exact) mass is 387 g/mol. The molecule has 0 spiro atoms. The van der Waals surface area contributed by atoms with E-state index in [0.29, 0.717) is 27.6 Å². The number of nitro groups is 1. The van der Waals surface area contributed by atoms with Crippen LogP contribution in [0.15, 0.2) is 18.2 Å². The van der Waals surface area contributed by atoms with Gasteiger partial charge in [0.1, 0.15) is 5.00 Å². The van der Waals surface area contributed by atoms with Crippen LogP contribution in [0.1, 0.15) is 56.5 Å². The Morgan fingerprint density at radius 3 is 2.74 bits per heavy atom. The molecule has 3 rings (SSSR count). The molecule has 0 saturated carbocycles. The molecule has 1 aliphatic carbocycles. The van der Waals surface area contributed by atoms with Crippen molar-refractivity contribution >= 4 is 33.8 Å². The number of hydrogen-bond acceptors (Lipinski definition) is 5. The molecule has 1 aliphatic rings. The summed E-state index contributed by atoms with van der Waals surface area (Å²) in [5, 5.41) is 14.2. The summed E-state index contributed by atoms with van der Waals surface area (Å²) in [5.41, 5.74) is 7.59. The Hall–Kier alpha value is -2.74. The maximum absolute atomic E-state index is 12.6. The SMILES string of the molecule is CC[C@@H]1CCc2c(sc(NC(=O)c3ccc([N+](=O)[O-])c(C)c3)c2C(N)=O)C1. The van der Waals surface area contributed by atoms with E-state index in [4.69, 9.17) is 5.73 Å². The predicted molar refractivity (Wildman–Crippen MR) is 104 cm³/mol. The number of hydrogen-bond donors (Lipinski definition) is 2. The lowest BCUT2D eigenvalue weighted by atomic mass is 9.85. The number of anilines is 1. The fraction of sp³-hybridized carbons (Fsp3) is 0.368. The molecule has 1 heterocycles. The topological polar surface area (TPSA) is 115 Å². The van der Waals surface area contributed by atoms with E-state index in [1.54, 1.807) is 6.92 Å². The van der Waals surface area contributed by atoms with Gasteiger partial charge in [0, 0.05) is 22.1 Å². The van der Waals surface area contributed by atoms with Crippen LogP contribution in [0.4, 0.5) is 10.7 Å². The Balaban J connectivity index is 1.90. The van der Waals surface area contributed by atoms with Gasteiger partial charge >= 0.3 is 0 Å². The van der Waals surface area contributed by atoms with Crippen LogP contribution in [0.5, 0.6) is 0 Å². The fourth-order valence-corrected chi connectivity index (χ4v) is 4.89. The maximum Gasteiger partial charge on any atom is 0.272 e. The minimum atomic E-state index is -0.544. The number of carbonyl (C=O) groups excluding carboxylic acids is 2. The van der Waals surface area contributed by atoms with Gasteiger partial charge in [-0.2, -0.15) is 0 Å². The molecule has 1 aromatic carbocycles. The highest BCUT2D eigenvalue weighted by atomic mass is 32.1. The highest BCUT2D eigenvalue weighted by Crippen LogP contribution is 2.40. The zero-order valence-electron chi connectivity index (χ0n) is 15.2. The van der Waals surface area contributed by atoms with Crippen LogP contribution < -0.4 is 11.1 Å². The van der Waals surface area contributed by atoms with Crippen molar-refractivity contribution in [2.45, 2.75) is 39.5 Å². The highest BCUT2D eigenvalue weighted by molar-refractivity contribution is 7.17. The highest BCUT2D eigenvalue weighted by Gasteiger charge is 2.28. The Morgan fingerprint density at radius 1 is 1.41 bits per heavy atom. The van der Waals surface area contributed by atoms with Crippen molar-refractivity contribution in [3.8, 4) is 0 Å². The number of nitrogens with two attached hydrogens (primary N) is 1. The molecule has 1 atom stereocenters. The first kappa shape index (κ1) is 19.0. The zero-order chi connectivity index (χ0) is 19.7. The number of thiophene rings is 1. The van der Waals surface area contributed by atoms with Crippen molar-refractivity contribution in [1.29, 1.82) is 0 Å². The minimum Gasteiger partial charge on any atom is -0.365 e. The van der Waals surface area contributed by atoms with E-state index < -0.39 is 16.7 Å². The van der Waals surface area contributed by atoms with Crippen molar-refractivity contribution < 1.29 is 14.5 Å². The summed E-state index contributed by atoms with van der Waals surface area (Å²) in [6.07, 6.45) is 3.76. The third-order valence-electron chi connectivity index (χ3n) is 5.07. The lowest BCUT2D eigenvalue weighted by Crippen LogP contribution is -2.19. The fourth-order valence-electron chi connectivity index (χ4n) is 3.53. The average Bonchev–Trinajstić information content (AvgIpc) is 2.97. The number of rotatable bonds is 5. The number of primary amides is 1. The number of nitrogens with zero attached hydrogens (tertiary/aromatic N) is 1. The second-order valence-corrected chi connectivity index (χ2v) is 7.91. The molecule has 0 bridgehead atoms. The summed E-state index contributed by atoms with van der Waals surface area (Å²) in [5.74, 6) is -0.378. The van der Waals surface area contributed by atoms with Gasteiger partial charge < -0.3 is 11.1 Å². The van der Waals surface area contributed by atoms with E-state index in [0.717, 1.165) is 36.1 Å². The molecule has 2 amide bonds. The first-order valence-electron chi connectivity index (χ1n) is 8.82.